The molecule has 0 saturated heterocycles. The number of hydrogen-bond acceptors (Lipinski definition) is 6. The molecule has 1 aliphatic carbocycles. The number of amides is 1. The first kappa shape index (κ1) is 15.4. The SMILES string of the molecule is CNc1cc(Nc2cccnc2C)nc2c(C(=O)NC3CC3)cnn12. The summed E-state index contributed by atoms with van der Waals surface area (Å²) in [5.41, 5.74) is 2.71. The number of fused-ring (bicyclic) bond motifs is 1. The Morgan fingerprint density at radius 3 is 2.92 bits per heavy atom. The summed E-state index contributed by atoms with van der Waals surface area (Å²) in [6.07, 6.45) is 5.37. The van der Waals surface area contributed by atoms with E-state index in [0.717, 1.165) is 30.0 Å². The summed E-state index contributed by atoms with van der Waals surface area (Å²) in [7, 11) is 1.81. The highest BCUT2D eigenvalue weighted by Gasteiger charge is 2.26. The smallest absolute Gasteiger partial charge is 0.256 e. The standard InChI is InChI=1S/C17H19N7O/c1-10-13(4-3-7-19-10)22-14-8-15(18-2)24-16(23-14)12(9-20-24)17(25)21-11-5-6-11/h3-4,7-9,11,18H,5-6H2,1-2H3,(H,21,25)(H,22,23). The van der Waals surface area contributed by atoms with Gasteiger partial charge in [0.25, 0.3) is 5.91 Å². The molecule has 3 N–H and O–H groups in total. The molecule has 4 rings (SSSR count). The number of carbonyl (C=O) groups is 1. The van der Waals surface area contributed by atoms with E-state index in [1.165, 1.54) is 0 Å². The van der Waals surface area contributed by atoms with Gasteiger partial charge in [-0.3, -0.25) is 9.78 Å². The zero-order valence-electron chi connectivity index (χ0n) is 14.1. The van der Waals surface area contributed by atoms with Gasteiger partial charge < -0.3 is 16.0 Å². The largest absolute Gasteiger partial charge is 0.373 e. The van der Waals surface area contributed by atoms with Crippen molar-refractivity contribution in [3.8, 4) is 0 Å². The highest BCUT2D eigenvalue weighted by atomic mass is 16.1. The topological polar surface area (TPSA) is 96.2 Å². The van der Waals surface area contributed by atoms with Crippen LogP contribution < -0.4 is 16.0 Å². The molecule has 0 aromatic carbocycles. The van der Waals surface area contributed by atoms with Gasteiger partial charge in [-0.15, -0.1) is 0 Å². The third-order valence-electron chi connectivity index (χ3n) is 4.15. The van der Waals surface area contributed by atoms with Gasteiger partial charge in [0.1, 0.15) is 17.2 Å². The van der Waals surface area contributed by atoms with E-state index in [-0.39, 0.29) is 11.9 Å². The Labute approximate surface area is 144 Å². The van der Waals surface area contributed by atoms with Crippen molar-refractivity contribution < 1.29 is 4.79 Å². The third-order valence-corrected chi connectivity index (χ3v) is 4.15. The minimum Gasteiger partial charge on any atom is -0.373 e. The molecule has 0 aliphatic heterocycles. The van der Waals surface area contributed by atoms with Crippen LogP contribution in [0.5, 0.6) is 0 Å². The zero-order valence-corrected chi connectivity index (χ0v) is 14.1. The predicted molar refractivity (Wildman–Crippen MR) is 95.3 cm³/mol. The fourth-order valence-corrected chi connectivity index (χ4v) is 2.61. The van der Waals surface area contributed by atoms with Crippen LogP contribution in [0.25, 0.3) is 5.65 Å². The lowest BCUT2D eigenvalue weighted by Crippen LogP contribution is -2.25. The number of aromatic nitrogens is 4. The second-order valence-corrected chi connectivity index (χ2v) is 6.08. The first-order valence-corrected chi connectivity index (χ1v) is 8.22. The van der Waals surface area contributed by atoms with Gasteiger partial charge in [0.2, 0.25) is 0 Å². The fourth-order valence-electron chi connectivity index (χ4n) is 2.61. The lowest BCUT2D eigenvalue weighted by atomic mass is 10.3. The predicted octanol–water partition coefficient (Wildman–Crippen LogP) is 2.11. The van der Waals surface area contributed by atoms with Crippen LogP contribution in [0.2, 0.25) is 0 Å². The number of hydrogen-bond donors (Lipinski definition) is 3. The van der Waals surface area contributed by atoms with Crippen molar-refractivity contribution in [1.82, 2.24) is 24.9 Å². The van der Waals surface area contributed by atoms with Gasteiger partial charge in [0.15, 0.2) is 5.65 Å². The van der Waals surface area contributed by atoms with Crippen molar-refractivity contribution in [2.24, 2.45) is 0 Å². The molecule has 8 heteroatoms. The maximum Gasteiger partial charge on any atom is 0.256 e. The minimum absolute atomic E-state index is 0.137. The molecule has 3 aromatic rings. The Balaban J connectivity index is 1.74. The molecule has 0 unspecified atom stereocenters. The van der Waals surface area contributed by atoms with Crippen LogP contribution in [0.1, 0.15) is 28.9 Å². The van der Waals surface area contributed by atoms with Crippen molar-refractivity contribution in [3.63, 3.8) is 0 Å². The maximum absolute atomic E-state index is 12.4. The molecule has 0 spiro atoms. The number of pyridine rings is 1. The molecule has 8 nitrogen and oxygen atoms in total. The molecular formula is C17H19N7O. The van der Waals surface area contributed by atoms with Gasteiger partial charge in [-0.25, -0.2) is 4.98 Å². The van der Waals surface area contributed by atoms with Crippen molar-refractivity contribution >= 4 is 28.9 Å². The van der Waals surface area contributed by atoms with E-state index in [1.807, 2.05) is 25.1 Å². The van der Waals surface area contributed by atoms with E-state index in [0.29, 0.717) is 17.0 Å². The Morgan fingerprint density at radius 1 is 1.36 bits per heavy atom. The average molecular weight is 337 g/mol. The average Bonchev–Trinajstić information content (AvgIpc) is 3.32. The summed E-state index contributed by atoms with van der Waals surface area (Å²) in [5.74, 6) is 1.22. The van der Waals surface area contributed by atoms with Crippen LogP contribution >= 0.6 is 0 Å². The van der Waals surface area contributed by atoms with Crippen LogP contribution in [0.4, 0.5) is 17.3 Å². The van der Waals surface area contributed by atoms with E-state index in [4.69, 9.17) is 0 Å². The molecule has 1 amide bonds. The first-order valence-electron chi connectivity index (χ1n) is 8.22. The number of anilines is 3. The molecule has 3 aromatic heterocycles. The molecule has 3 heterocycles. The molecule has 1 aliphatic rings. The van der Waals surface area contributed by atoms with Crippen molar-refractivity contribution in [2.45, 2.75) is 25.8 Å². The molecule has 1 fully saturated rings. The van der Waals surface area contributed by atoms with E-state index in [1.54, 1.807) is 24.0 Å². The number of rotatable bonds is 5. The number of nitrogens with zero attached hydrogens (tertiary/aromatic N) is 4. The van der Waals surface area contributed by atoms with Crippen LogP contribution in [0.3, 0.4) is 0 Å². The molecule has 0 bridgehead atoms. The summed E-state index contributed by atoms with van der Waals surface area (Å²) >= 11 is 0. The second kappa shape index (κ2) is 6.04. The van der Waals surface area contributed by atoms with Gasteiger partial charge in [-0.1, -0.05) is 0 Å². The number of aryl methyl sites for hydroxylation is 1. The maximum atomic E-state index is 12.4. The van der Waals surface area contributed by atoms with E-state index < -0.39 is 0 Å². The normalized spacial score (nSPS) is 13.7. The molecule has 25 heavy (non-hydrogen) atoms. The van der Waals surface area contributed by atoms with Crippen LogP contribution in [0.15, 0.2) is 30.6 Å². The van der Waals surface area contributed by atoms with E-state index >= 15 is 0 Å². The summed E-state index contributed by atoms with van der Waals surface area (Å²) in [6.45, 7) is 1.92. The summed E-state index contributed by atoms with van der Waals surface area (Å²) in [4.78, 5) is 21.3. The summed E-state index contributed by atoms with van der Waals surface area (Å²) in [5, 5.41) is 13.6. The second-order valence-electron chi connectivity index (χ2n) is 6.08. The van der Waals surface area contributed by atoms with E-state index in [2.05, 4.69) is 31.0 Å². The quantitative estimate of drug-likeness (QED) is 0.660. The van der Waals surface area contributed by atoms with Crippen molar-refractivity contribution in [2.75, 3.05) is 17.7 Å². The molecular weight excluding hydrogens is 318 g/mol. The highest BCUT2D eigenvalue weighted by Crippen LogP contribution is 2.24. The van der Waals surface area contributed by atoms with Crippen LogP contribution in [-0.2, 0) is 0 Å². The number of nitrogens with one attached hydrogen (secondary N) is 3. The molecule has 0 atom stereocenters. The van der Waals surface area contributed by atoms with Gasteiger partial charge >= 0.3 is 0 Å². The Bertz CT molecular complexity index is 945. The van der Waals surface area contributed by atoms with E-state index in [9.17, 15) is 4.79 Å². The highest BCUT2D eigenvalue weighted by molar-refractivity contribution is 6.00. The fraction of sp³-hybridized carbons (Fsp3) is 0.294. The minimum atomic E-state index is -0.137. The monoisotopic (exact) mass is 337 g/mol. The molecule has 0 radical (unpaired) electrons. The lowest BCUT2D eigenvalue weighted by molar-refractivity contribution is 0.0952. The number of carbonyl (C=O) groups excluding carboxylic acids is 1. The molecule has 128 valence electrons. The lowest BCUT2D eigenvalue weighted by Gasteiger charge is -2.11. The Kier molecular flexibility index (Phi) is 3.72. The van der Waals surface area contributed by atoms with Gasteiger partial charge in [0.05, 0.1) is 17.6 Å². The summed E-state index contributed by atoms with van der Waals surface area (Å²) < 4.78 is 1.63. The van der Waals surface area contributed by atoms with Gasteiger partial charge in [0, 0.05) is 25.4 Å². The van der Waals surface area contributed by atoms with Crippen LogP contribution in [-0.4, -0.2) is 38.6 Å². The van der Waals surface area contributed by atoms with Gasteiger partial charge in [-0.05, 0) is 31.9 Å². The zero-order chi connectivity index (χ0) is 17.4. The summed E-state index contributed by atoms with van der Waals surface area (Å²) in [6, 6.07) is 5.92. The van der Waals surface area contributed by atoms with Crippen molar-refractivity contribution in [3.05, 3.63) is 41.9 Å². The first-order chi connectivity index (χ1) is 12.2. The third kappa shape index (κ3) is 2.98. The Hall–Kier alpha value is -3.16. The Morgan fingerprint density at radius 2 is 2.20 bits per heavy atom. The van der Waals surface area contributed by atoms with Gasteiger partial charge in [-0.2, -0.15) is 9.61 Å². The van der Waals surface area contributed by atoms with Crippen LogP contribution in [0, 0.1) is 6.92 Å². The van der Waals surface area contributed by atoms with Crippen molar-refractivity contribution in [1.29, 1.82) is 0 Å². The molecule has 1 saturated carbocycles.